The van der Waals surface area contributed by atoms with Gasteiger partial charge < -0.3 is 9.47 Å². The lowest BCUT2D eigenvalue weighted by molar-refractivity contribution is 0.0990. The van der Waals surface area contributed by atoms with Gasteiger partial charge in [0.05, 0.1) is 20.8 Å². The molecule has 0 radical (unpaired) electrons. The van der Waals surface area contributed by atoms with Crippen LogP contribution in [0.25, 0.3) is 0 Å². The third kappa shape index (κ3) is 3.15. The van der Waals surface area contributed by atoms with Gasteiger partial charge in [0.2, 0.25) is 0 Å². The highest BCUT2D eigenvalue weighted by atomic mass is 19.3. The van der Waals surface area contributed by atoms with Gasteiger partial charge in [0.25, 0.3) is 6.43 Å². The summed E-state index contributed by atoms with van der Waals surface area (Å²) in [5.41, 5.74) is 1.04. The number of halogens is 2. The maximum absolute atomic E-state index is 12.4. The molecule has 5 heteroatoms. The van der Waals surface area contributed by atoms with Crippen LogP contribution in [0.15, 0.2) is 18.2 Å². The topological polar surface area (TPSA) is 21.7 Å². The standard InChI is InChI=1S/C14H19F2NO2/c1-18-12-5-3-4-11(14(12)19-2)10-6-7-17(8-10)9-13(15)16/h3-5,10,13H,6-9H2,1-2H3/t10-/m0/s1. The Morgan fingerprint density at radius 3 is 2.74 bits per heavy atom. The molecule has 1 aliphatic heterocycles. The van der Waals surface area contributed by atoms with Gasteiger partial charge in [-0.2, -0.15) is 0 Å². The first-order valence-electron chi connectivity index (χ1n) is 6.37. The van der Waals surface area contributed by atoms with Crippen molar-refractivity contribution in [1.29, 1.82) is 0 Å². The molecular formula is C14H19F2NO2. The fourth-order valence-electron chi connectivity index (χ4n) is 2.68. The Morgan fingerprint density at radius 1 is 1.32 bits per heavy atom. The van der Waals surface area contributed by atoms with Crippen LogP contribution in [0.4, 0.5) is 8.78 Å². The SMILES string of the molecule is COc1cccc([C@H]2CCN(CC(F)F)C2)c1OC. The highest BCUT2D eigenvalue weighted by Gasteiger charge is 2.28. The first-order valence-corrected chi connectivity index (χ1v) is 6.37. The lowest BCUT2D eigenvalue weighted by Crippen LogP contribution is -2.26. The summed E-state index contributed by atoms with van der Waals surface area (Å²) in [6.07, 6.45) is -1.40. The van der Waals surface area contributed by atoms with Crippen molar-refractivity contribution in [3.05, 3.63) is 23.8 Å². The molecule has 0 N–H and O–H groups in total. The number of rotatable bonds is 5. The molecule has 1 aliphatic rings. The summed E-state index contributed by atoms with van der Waals surface area (Å²) in [7, 11) is 3.20. The Morgan fingerprint density at radius 2 is 2.11 bits per heavy atom. The third-order valence-electron chi connectivity index (χ3n) is 3.54. The number of likely N-dealkylation sites (tertiary alicyclic amines) is 1. The molecule has 0 unspecified atom stereocenters. The van der Waals surface area contributed by atoms with E-state index in [-0.39, 0.29) is 12.5 Å². The first-order chi connectivity index (χ1) is 9.15. The van der Waals surface area contributed by atoms with E-state index in [2.05, 4.69) is 0 Å². The molecule has 3 nitrogen and oxygen atoms in total. The summed E-state index contributed by atoms with van der Waals surface area (Å²) < 4.78 is 35.5. The second-order valence-corrected chi connectivity index (χ2v) is 4.72. The molecule has 1 aromatic carbocycles. The third-order valence-corrected chi connectivity index (χ3v) is 3.54. The maximum Gasteiger partial charge on any atom is 0.251 e. The van der Waals surface area contributed by atoms with Crippen LogP contribution in [0.2, 0.25) is 0 Å². The van der Waals surface area contributed by atoms with Crippen molar-refractivity contribution < 1.29 is 18.3 Å². The summed E-state index contributed by atoms with van der Waals surface area (Å²) in [6.45, 7) is 1.20. The largest absolute Gasteiger partial charge is 0.493 e. The predicted molar refractivity (Wildman–Crippen MR) is 69.3 cm³/mol. The Kier molecular flexibility index (Phi) is 4.58. The summed E-state index contributed by atoms with van der Waals surface area (Å²) in [4.78, 5) is 1.80. The van der Waals surface area contributed by atoms with E-state index in [4.69, 9.17) is 9.47 Å². The number of hydrogen-bond donors (Lipinski definition) is 0. The molecule has 0 spiro atoms. The van der Waals surface area contributed by atoms with Crippen LogP contribution < -0.4 is 9.47 Å². The average Bonchev–Trinajstić information content (AvgIpc) is 2.85. The number of hydrogen-bond acceptors (Lipinski definition) is 3. The van der Waals surface area contributed by atoms with Crippen molar-refractivity contribution in [1.82, 2.24) is 4.90 Å². The minimum absolute atomic E-state index is 0.150. The van der Waals surface area contributed by atoms with Crippen molar-refractivity contribution in [2.45, 2.75) is 18.8 Å². The van der Waals surface area contributed by atoms with E-state index < -0.39 is 6.43 Å². The van der Waals surface area contributed by atoms with Crippen LogP contribution >= 0.6 is 0 Å². The fourth-order valence-corrected chi connectivity index (χ4v) is 2.68. The predicted octanol–water partition coefficient (Wildman–Crippen LogP) is 2.76. The van der Waals surface area contributed by atoms with Crippen molar-refractivity contribution in [2.75, 3.05) is 33.9 Å². The number of ether oxygens (including phenoxy) is 2. The quantitative estimate of drug-likeness (QED) is 0.822. The van der Waals surface area contributed by atoms with Crippen molar-refractivity contribution in [2.24, 2.45) is 0 Å². The van der Waals surface area contributed by atoms with Crippen LogP contribution in [0.3, 0.4) is 0 Å². The Hall–Kier alpha value is -1.36. The maximum atomic E-state index is 12.4. The van der Waals surface area contributed by atoms with Crippen LogP contribution in [-0.2, 0) is 0 Å². The molecule has 19 heavy (non-hydrogen) atoms. The van der Waals surface area contributed by atoms with Gasteiger partial charge >= 0.3 is 0 Å². The zero-order chi connectivity index (χ0) is 13.8. The first kappa shape index (κ1) is 14.1. The zero-order valence-electron chi connectivity index (χ0n) is 11.2. The summed E-state index contributed by atoms with van der Waals surface area (Å²) >= 11 is 0. The van der Waals surface area contributed by atoms with E-state index in [1.807, 2.05) is 18.2 Å². The van der Waals surface area contributed by atoms with Gasteiger partial charge in [-0.25, -0.2) is 8.78 Å². The molecule has 1 saturated heterocycles. The van der Waals surface area contributed by atoms with Gasteiger partial charge in [-0.1, -0.05) is 12.1 Å². The van der Waals surface area contributed by atoms with E-state index in [1.165, 1.54) is 0 Å². The van der Waals surface area contributed by atoms with Crippen LogP contribution in [-0.4, -0.2) is 45.2 Å². The van der Waals surface area contributed by atoms with E-state index in [1.54, 1.807) is 19.1 Å². The number of para-hydroxylation sites is 1. The highest BCUT2D eigenvalue weighted by molar-refractivity contribution is 5.48. The van der Waals surface area contributed by atoms with Gasteiger partial charge in [0, 0.05) is 18.0 Å². The normalized spacial score (nSPS) is 19.9. The van der Waals surface area contributed by atoms with E-state index >= 15 is 0 Å². The van der Waals surface area contributed by atoms with Crippen LogP contribution in [0.1, 0.15) is 17.9 Å². The molecule has 0 aliphatic carbocycles. The molecule has 1 aromatic rings. The Bertz CT molecular complexity index is 426. The number of benzene rings is 1. The fraction of sp³-hybridized carbons (Fsp3) is 0.571. The Labute approximate surface area is 112 Å². The zero-order valence-corrected chi connectivity index (χ0v) is 11.2. The molecule has 0 aromatic heterocycles. The second kappa shape index (κ2) is 6.19. The molecule has 1 fully saturated rings. The van der Waals surface area contributed by atoms with E-state index in [0.29, 0.717) is 24.6 Å². The highest BCUT2D eigenvalue weighted by Crippen LogP contribution is 2.39. The van der Waals surface area contributed by atoms with Crippen LogP contribution in [0, 0.1) is 0 Å². The smallest absolute Gasteiger partial charge is 0.251 e. The molecule has 1 atom stereocenters. The van der Waals surface area contributed by atoms with E-state index in [0.717, 1.165) is 12.0 Å². The molecule has 2 rings (SSSR count). The number of methoxy groups -OCH3 is 2. The number of alkyl halides is 2. The van der Waals surface area contributed by atoms with Crippen molar-refractivity contribution in [3.63, 3.8) is 0 Å². The van der Waals surface area contributed by atoms with Gasteiger partial charge in [-0.3, -0.25) is 4.90 Å². The molecule has 1 heterocycles. The van der Waals surface area contributed by atoms with Gasteiger partial charge in [0.15, 0.2) is 11.5 Å². The molecule has 0 bridgehead atoms. The molecule has 106 valence electrons. The average molecular weight is 271 g/mol. The van der Waals surface area contributed by atoms with Gasteiger partial charge in [-0.15, -0.1) is 0 Å². The number of nitrogens with zero attached hydrogens (tertiary/aromatic N) is 1. The van der Waals surface area contributed by atoms with Gasteiger partial charge in [0.1, 0.15) is 0 Å². The monoisotopic (exact) mass is 271 g/mol. The molecule has 0 saturated carbocycles. The Balaban J connectivity index is 2.15. The molecule has 0 amide bonds. The van der Waals surface area contributed by atoms with Crippen molar-refractivity contribution >= 4 is 0 Å². The minimum Gasteiger partial charge on any atom is -0.493 e. The lowest BCUT2D eigenvalue weighted by atomic mass is 9.97. The second-order valence-electron chi connectivity index (χ2n) is 4.72. The summed E-state index contributed by atoms with van der Waals surface area (Å²) in [5, 5.41) is 0. The van der Waals surface area contributed by atoms with Crippen LogP contribution in [0.5, 0.6) is 11.5 Å². The summed E-state index contributed by atoms with van der Waals surface area (Å²) in [5.74, 6) is 1.63. The summed E-state index contributed by atoms with van der Waals surface area (Å²) in [6, 6.07) is 5.73. The molecular weight excluding hydrogens is 252 g/mol. The van der Waals surface area contributed by atoms with Gasteiger partial charge in [-0.05, 0) is 19.0 Å². The minimum atomic E-state index is -2.27. The van der Waals surface area contributed by atoms with E-state index in [9.17, 15) is 8.78 Å². The lowest BCUT2D eigenvalue weighted by Gasteiger charge is -2.18. The van der Waals surface area contributed by atoms with Crippen molar-refractivity contribution in [3.8, 4) is 11.5 Å².